The van der Waals surface area contributed by atoms with E-state index in [1.54, 1.807) is 0 Å². The van der Waals surface area contributed by atoms with E-state index in [9.17, 15) is 4.79 Å². The second kappa shape index (κ2) is 4.82. The van der Waals surface area contributed by atoms with E-state index >= 15 is 0 Å². The lowest BCUT2D eigenvalue weighted by molar-refractivity contribution is -0.142. The fourth-order valence-corrected chi connectivity index (χ4v) is 2.10. The van der Waals surface area contributed by atoms with Crippen LogP contribution >= 0.6 is 0 Å². The molecule has 0 atom stereocenters. The van der Waals surface area contributed by atoms with Crippen LogP contribution in [0, 0.1) is 5.41 Å². The highest BCUT2D eigenvalue weighted by atomic mass is 16.5. The van der Waals surface area contributed by atoms with Gasteiger partial charge in [-0.1, -0.05) is 26.3 Å². The van der Waals surface area contributed by atoms with E-state index in [-0.39, 0.29) is 5.97 Å². The van der Waals surface area contributed by atoms with E-state index in [0.717, 1.165) is 12.8 Å². The lowest BCUT2D eigenvalue weighted by atomic mass is 9.75. The third-order valence-electron chi connectivity index (χ3n) is 3.15. The van der Waals surface area contributed by atoms with Crippen LogP contribution in [0.25, 0.3) is 0 Å². The monoisotopic (exact) mass is 210 g/mol. The molecular formula is C13H22O2. The van der Waals surface area contributed by atoms with Gasteiger partial charge in [-0.2, -0.15) is 0 Å². The molecule has 0 N–H and O–H groups in total. The van der Waals surface area contributed by atoms with Gasteiger partial charge in [0, 0.05) is 6.42 Å². The standard InChI is InChI=1S/C13H22O2/c1-5-12(14)15-9-11-6-7-13(3,4)8-10(11)2/h5-9H2,1-4H3. The van der Waals surface area contributed by atoms with Crippen LogP contribution in [0.2, 0.25) is 0 Å². The lowest BCUT2D eigenvalue weighted by Crippen LogP contribution is -2.20. The summed E-state index contributed by atoms with van der Waals surface area (Å²) in [5.74, 6) is -0.0971. The summed E-state index contributed by atoms with van der Waals surface area (Å²) >= 11 is 0. The van der Waals surface area contributed by atoms with Gasteiger partial charge in [-0.05, 0) is 37.2 Å². The van der Waals surface area contributed by atoms with Crippen LogP contribution in [0.5, 0.6) is 0 Å². The molecule has 0 unspecified atom stereocenters. The normalized spacial score (nSPS) is 20.3. The summed E-state index contributed by atoms with van der Waals surface area (Å²) in [5, 5.41) is 0. The van der Waals surface area contributed by atoms with Gasteiger partial charge in [-0.25, -0.2) is 0 Å². The first-order valence-corrected chi connectivity index (χ1v) is 5.78. The number of esters is 1. The Bertz CT molecular complexity index is 274. The van der Waals surface area contributed by atoms with E-state index in [0.29, 0.717) is 18.4 Å². The Morgan fingerprint density at radius 3 is 2.67 bits per heavy atom. The second-order valence-corrected chi connectivity index (χ2v) is 5.24. The van der Waals surface area contributed by atoms with Gasteiger partial charge in [0.25, 0.3) is 0 Å². The summed E-state index contributed by atoms with van der Waals surface area (Å²) in [4.78, 5) is 11.0. The molecule has 2 heteroatoms. The summed E-state index contributed by atoms with van der Waals surface area (Å²) in [6, 6.07) is 0. The van der Waals surface area contributed by atoms with Crippen molar-refractivity contribution in [1.82, 2.24) is 0 Å². The van der Waals surface area contributed by atoms with Crippen molar-refractivity contribution in [2.24, 2.45) is 5.41 Å². The Kier molecular flexibility index (Phi) is 3.95. The predicted molar refractivity (Wildman–Crippen MR) is 61.6 cm³/mol. The Morgan fingerprint density at radius 2 is 2.13 bits per heavy atom. The number of carbonyl (C=O) groups excluding carboxylic acids is 1. The molecule has 0 amide bonds. The van der Waals surface area contributed by atoms with Crippen molar-refractivity contribution in [1.29, 1.82) is 0 Å². The fourth-order valence-electron chi connectivity index (χ4n) is 2.10. The minimum atomic E-state index is -0.0971. The van der Waals surface area contributed by atoms with E-state index in [1.807, 2.05) is 6.92 Å². The van der Waals surface area contributed by atoms with Crippen LogP contribution in [-0.4, -0.2) is 12.6 Å². The van der Waals surface area contributed by atoms with Crippen LogP contribution in [0.1, 0.15) is 53.4 Å². The summed E-state index contributed by atoms with van der Waals surface area (Å²) in [6.45, 7) is 9.09. The van der Waals surface area contributed by atoms with Gasteiger partial charge < -0.3 is 4.74 Å². The molecular weight excluding hydrogens is 188 g/mol. The minimum absolute atomic E-state index is 0.0971. The quantitative estimate of drug-likeness (QED) is 0.526. The Morgan fingerprint density at radius 1 is 1.47 bits per heavy atom. The van der Waals surface area contributed by atoms with Crippen molar-refractivity contribution in [3.63, 3.8) is 0 Å². The first kappa shape index (κ1) is 12.3. The first-order valence-electron chi connectivity index (χ1n) is 5.78. The van der Waals surface area contributed by atoms with Crippen molar-refractivity contribution in [2.75, 3.05) is 6.61 Å². The summed E-state index contributed by atoms with van der Waals surface area (Å²) in [7, 11) is 0. The van der Waals surface area contributed by atoms with Gasteiger partial charge in [0.2, 0.25) is 0 Å². The lowest BCUT2D eigenvalue weighted by Gasteiger charge is -2.31. The van der Waals surface area contributed by atoms with Gasteiger partial charge in [-0.15, -0.1) is 0 Å². The Hall–Kier alpha value is -0.790. The van der Waals surface area contributed by atoms with Crippen molar-refractivity contribution in [3.8, 4) is 0 Å². The number of rotatable bonds is 3. The fraction of sp³-hybridized carbons (Fsp3) is 0.769. The Balaban J connectivity index is 2.52. The van der Waals surface area contributed by atoms with Crippen molar-refractivity contribution >= 4 is 5.97 Å². The molecule has 0 aliphatic heterocycles. The van der Waals surface area contributed by atoms with E-state index in [4.69, 9.17) is 4.74 Å². The number of hydrogen-bond donors (Lipinski definition) is 0. The largest absolute Gasteiger partial charge is 0.461 e. The second-order valence-electron chi connectivity index (χ2n) is 5.24. The molecule has 0 radical (unpaired) electrons. The van der Waals surface area contributed by atoms with Gasteiger partial charge in [0.1, 0.15) is 6.61 Å². The van der Waals surface area contributed by atoms with Gasteiger partial charge in [0.15, 0.2) is 0 Å². The highest BCUT2D eigenvalue weighted by Crippen LogP contribution is 2.38. The smallest absolute Gasteiger partial charge is 0.305 e. The maximum Gasteiger partial charge on any atom is 0.305 e. The SMILES string of the molecule is CCC(=O)OCC1=C(C)CC(C)(C)CC1. The molecule has 0 spiro atoms. The predicted octanol–water partition coefficient (Wildman–Crippen LogP) is 3.47. The average Bonchev–Trinajstić information content (AvgIpc) is 2.15. The van der Waals surface area contributed by atoms with Crippen LogP contribution in [0.4, 0.5) is 0 Å². The molecule has 0 heterocycles. The zero-order valence-corrected chi connectivity index (χ0v) is 10.4. The highest BCUT2D eigenvalue weighted by Gasteiger charge is 2.25. The first-order chi connectivity index (χ1) is 6.94. The van der Waals surface area contributed by atoms with Crippen LogP contribution in [-0.2, 0) is 9.53 Å². The maximum atomic E-state index is 11.0. The zero-order valence-electron chi connectivity index (χ0n) is 10.4. The molecule has 86 valence electrons. The summed E-state index contributed by atoms with van der Waals surface area (Å²) in [5.41, 5.74) is 3.16. The Labute approximate surface area is 92.7 Å². The topological polar surface area (TPSA) is 26.3 Å². The van der Waals surface area contributed by atoms with Crippen molar-refractivity contribution < 1.29 is 9.53 Å². The molecule has 15 heavy (non-hydrogen) atoms. The van der Waals surface area contributed by atoms with Crippen LogP contribution in [0.3, 0.4) is 0 Å². The zero-order chi connectivity index (χ0) is 11.5. The molecule has 0 aromatic heterocycles. The van der Waals surface area contributed by atoms with Crippen LogP contribution in [0.15, 0.2) is 11.1 Å². The van der Waals surface area contributed by atoms with Gasteiger partial charge in [0.05, 0.1) is 0 Å². The molecule has 1 rings (SSSR count). The maximum absolute atomic E-state index is 11.0. The number of allylic oxidation sites excluding steroid dienone is 1. The van der Waals surface area contributed by atoms with Crippen molar-refractivity contribution in [3.05, 3.63) is 11.1 Å². The third kappa shape index (κ3) is 3.69. The minimum Gasteiger partial charge on any atom is -0.461 e. The molecule has 0 fully saturated rings. The summed E-state index contributed by atoms with van der Waals surface area (Å²) in [6.07, 6.45) is 3.88. The number of hydrogen-bond acceptors (Lipinski definition) is 2. The van der Waals surface area contributed by atoms with Crippen molar-refractivity contribution in [2.45, 2.75) is 53.4 Å². The van der Waals surface area contributed by atoms with E-state index < -0.39 is 0 Å². The molecule has 0 aromatic carbocycles. The molecule has 0 aromatic rings. The summed E-state index contributed by atoms with van der Waals surface area (Å²) < 4.78 is 5.17. The molecule has 0 saturated heterocycles. The van der Waals surface area contributed by atoms with E-state index in [2.05, 4.69) is 20.8 Å². The highest BCUT2D eigenvalue weighted by molar-refractivity contribution is 5.69. The molecule has 0 bridgehead atoms. The average molecular weight is 210 g/mol. The molecule has 2 nitrogen and oxygen atoms in total. The number of ether oxygens (including phenoxy) is 1. The number of carbonyl (C=O) groups is 1. The molecule has 0 saturated carbocycles. The molecule has 1 aliphatic rings. The molecule has 1 aliphatic carbocycles. The third-order valence-corrected chi connectivity index (χ3v) is 3.15. The van der Waals surface area contributed by atoms with Gasteiger partial charge in [-0.3, -0.25) is 4.79 Å². The van der Waals surface area contributed by atoms with Crippen LogP contribution < -0.4 is 0 Å². The van der Waals surface area contributed by atoms with E-state index in [1.165, 1.54) is 17.6 Å². The van der Waals surface area contributed by atoms with Gasteiger partial charge >= 0.3 is 5.97 Å².